The number of unbranched alkanes of at least 4 members (excludes halogenated alkanes) is 2. The molecular formula is C29H36ClN3O5. The summed E-state index contributed by atoms with van der Waals surface area (Å²) in [4.78, 5) is 23.7. The van der Waals surface area contributed by atoms with Gasteiger partial charge in [-0.3, -0.25) is 4.79 Å². The van der Waals surface area contributed by atoms with Crippen molar-refractivity contribution in [3.63, 3.8) is 0 Å². The summed E-state index contributed by atoms with van der Waals surface area (Å²) >= 11 is 6.17. The van der Waals surface area contributed by atoms with Crippen molar-refractivity contribution in [2.24, 2.45) is 16.7 Å². The number of nitriles is 1. The average Bonchev–Trinajstić information content (AvgIpc) is 2.84. The number of aliphatic carboxylic acids is 1. The molecule has 3 rings (SSSR count). The number of nitrogens with zero attached hydrogens (tertiary/aromatic N) is 1. The first kappa shape index (κ1) is 29.3. The normalized spacial score (nSPS) is 19.1. The Labute approximate surface area is 229 Å². The molecule has 1 aliphatic rings. The van der Waals surface area contributed by atoms with E-state index in [2.05, 4.69) is 10.6 Å². The quantitative estimate of drug-likeness (QED) is 0.267. The molecule has 2 aromatic carbocycles. The third-order valence-electron chi connectivity index (χ3n) is 7.09. The third-order valence-corrected chi connectivity index (χ3v) is 7.40. The lowest BCUT2D eigenvalue weighted by atomic mass is 9.45. The van der Waals surface area contributed by atoms with Crippen LogP contribution in [0.25, 0.3) is 0 Å². The first-order valence-corrected chi connectivity index (χ1v) is 13.1. The van der Waals surface area contributed by atoms with Crippen molar-refractivity contribution < 1.29 is 24.2 Å². The SMILES string of the molecule is CC1(C)C(Oc2ccc(C#N)c(Cl)c2)C(C)(C)C1C(=O)Nc1ccc(NCCCCCOCC(=O)O)cc1. The number of hydrogen-bond donors (Lipinski definition) is 3. The van der Waals surface area contributed by atoms with E-state index in [0.29, 0.717) is 22.9 Å². The van der Waals surface area contributed by atoms with Crippen molar-refractivity contribution >= 4 is 34.9 Å². The molecule has 1 saturated carbocycles. The molecule has 0 spiro atoms. The van der Waals surface area contributed by atoms with E-state index in [0.717, 1.165) is 37.2 Å². The van der Waals surface area contributed by atoms with Gasteiger partial charge in [0.15, 0.2) is 0 Å². The maximum absolute atomic E-state index is 13.3. The van der Waals surface area contributed by atoms with Gasteiger partial charge in [0.25, 0.3) is 0 Å². The van der Waals surface area contributed by atoms with Crippen LogP contribution in [0.1, 0.15) is 52.5 Å². The largest absolute Gasteiger partial charge is 0.489 e. The zero-order valence-corrected chi connectivity index (χ0v) is 23.1. The Hall–Kier alpha value is -3.28. The molecule has 9 heteroatoms. The van der Waals surface area contributed by atoms with E-state index in [-0.39, 0.29) is 24.5 Å². The molecule has 3 N–H and O–H groups in total. The number of benzene rings is 2. The zero-order valence-electron chi connectivity index (χ0n) is 22.3. The lowest BCUT2D eigenvalue weighted by molar-refractivity contribution is -0.198. The molecular weight excluding hydrogens is 506 g/mol. The lowest BCUT2D eigenvalue weighted by Crippen LogP contribution is -2.69. The highest BCUT2D eigenvalue weighted by Crippen LogP contribution is 2.60. The molecule has 0 bridgehead atoms. The maximum Gasteiger partial charge on any atom is 0.329 e. The van der Waals surface area contributed by atoms with Crippen LogP contribution in [0.5, 0.6) is 5.75 Å². The number of carbonyl (C=O) groups excluding carboxylic acids is 1. The van der Waals surface area contributed by atoms with Crippen molar-refractivity contribution in [3.8, 4) is 11.8 Å². The first-order chi connectivity index (χ1) is 18.0. The predicted molar refractivity (Wildman–Crippen MR) is 148 cm³/mol. The fraction of sp³-hybridized carbons (Fsp3) is 0.483. The number of carbonyl (C=O) groups is 2. The van der Waals surface area contributed by atoms with Gasteiger partial charge < -0.3 is 25.2 Å². The number of anilines is 2. The van der Waals surface area contributed by atoms with Crippen LogP contribution >= 0.6 is 11.6 Å². The van der Waals surface area contributed by atoms with Crippen molar-refractivity contribution in [3.05, 3.63) is 53.1 Å². The molecule has 204 valence electrons. The summed E-state index contributed by atoms with van der Waals surface area (Å²) in [7, 11) is 0. The number of carboxylic acid groups (broad SMARTS) is 1. The Morgan fingerprint density at radius 1 is 1.03 bits per heavy atom. The fourth-order valence-corrected chi connectivity index (χ4v) is 5.90. The van der Waals surface area contributed by atoms with Gasteiger partial charge in [0, 0.05) is 41.4 Å². The Morgan fingerprint density at radius 3 is 2.29 bits per heavy atom. The topological polar surface area (TPSA) is 121 Å². The molecule has 8 nitrogen and oxygen atoms in total. The second-order valence-corrected chi connectivity index (χ2v) is 11.2. The summed E-state index contributed by atoms with van der Waals surface area (Å²) in [5, 5.41) is 24.4. The predicted octanol–water partition coefficient (Wildman–Crippen LogP) is 5.96. The number of carboxylic acids is 1. The van der Waals surface area contributed by atoms with Gasteiger partial charge >= 0.3 is 5.97 Å². The highest BCUT2D eigenvalue weighted by molar-refractivity contribution is 6.31. The summed E-state index contributed by atoms with van der Waals surface area (Å²) in [6.45, 7) is 9.12. The number of hydrogen-bond acceptors (Lipinski definition) is 6. The van der Waals surface area contributed by atoms with Crippen LogP contribution in [0.15, 0.2) is 42.5 Å². The molecule has 1 fully saturated rings. The van der Waals surface area contributed by atoms with Gasteiger partial charge in [-0.05, 0) is 55.7 Å². The van der Waals surface area contributed by atoms with Crippen molar-refractivity contribution in [2.45, 2.75) is 53.1 Å². The van der Waals surface area contributed by atoms with Gasteiger partial charge in [-0.1, -0.05) is 39.3 Å². The molecule has 1 amide bonds. The van der Waals surface area contributed by atoms with Crippen LogP contribution in [-0.4, -0.2) is 42.8 Å². The summed E-state index contributed by atoms with van der Waals surface area (Å²) in [5.74, 6) is -0.696. The summed E-state index contributed by atoms with van der Waals surface area (Å²) in [6.07, 6.45) is 2.49. The maximum atomic E-state index is 13.3. The molecule has 1 aliphatic carbocycles. The monoisotopic (exact) mass is 541 g/mol. The van der Waals surface area contributed by atoms with Crippen LogP contribution in [0.2, 0.25) is 5.02 Å². The first-order valence-electron chi connectivity index (χ1n) is 12.8. The van der Waals surface area contributed by atoms with Gasteiger partial charge in [0.2, 0.25) is 5.91 Å². The van der Waals surface area contributed by atoms with Crippen molar-refractivity contribution in [2.75, 3.05) is 30.4 Å². The second kappa shape index (κ2) is 12.5. The Kier molecular flexibility index (Phi) is 9.64. The van der Waals surface area contributed by atoms with Crippen molar-refractivity contribution in [1.82, 2.24) is 0 Å². The average molecular weight is 542 g/mol. The molecule has 0 heterocycles. The summed E-state index contributed by atoms with van der Waals surface area (Å²) in [5.41, 5.74) is 1.24. The lowest BCUT2D eigenvalue weighted by Gasteiger charge is -2.62. The second-order valence-electron chi connectivity index (χ2n) is 10.8. The minimum Gasteiger partial charge on any atom is -0.489 e. The van der Waals surface area contributed by atoms with E-state index in [9.17, 15) is 9.59 Å². The van der Waals surface area contributed by atoms with Crippen LogP contribution in [0, 0.1) is 28.1 Å². The smallest absolute Gasteiger partial charge is 0.329 e. The van der Waals surface area contributed by atoms with Crippen LogP contribution in [0.4, 0.5) is 11.4 Å². The standard InChI is InChI=1S/C29H36ClN3O5/c1-28(2)25(29(3,4)27(28)38-22-13-8-19(17-31)23(30)16-22)26(36)33-21-11-9-20(10-12-21)32-14-6-5-7-15-37-18-24(34)35/h8-13,16,25,27,32H,5-7,14-15,18H2,1-4H3,(H,33,36)(H,34,35). The summed E-state index contributed by atoms with van der Waals surface area (Å²) in [6, 6.07) is 14.7. The van der Waals surface area contributed by atoms with E-state index in [1.165, 1.54) is 0 Å². The van der Waals surface area contributed by atoms with Crippen molar-refractivity contribution in [1.29, 1.82) is 5.26 Å². The number of ether oxygens (including phenoxy) is 2. The van der Waals surface area contributed by atoms with E-state index in [1.54, 1.807) is 18.2 Å². The number of rotatable bonds is 13. The van der Waals surface area contributed by atoms with Crippen LogP contribution in [-0.2, 0) is 14.3 Å². The molecule has 0 unspecified atom stereocenters. The molecule has 0 aromatic heterocycles. The van der Waals surface area contributed by atoms with Gasteiger partial charge in [0.1, 0.15) is 24.5 Å². The van der Waals surface area contributed by atoms with Gasteiger partial charge in [-0.25, -0.2) is 4.79 Å². The van der Waals surface area contributed by atoms with E-state index >= 15 is 0 Å². The number of halogens is 1. The van der Waals surface area contributed by atoms with E-state index < -0.39 is 16.8 Å². The minimum absolute atomic E-state index is 0.0523. The molecule has 0 aliphatic heterocycles. The third kappa shape index (κ3) is 6.97. The number of nitrogens with one attached hydrogen (secondary N) is 2. The highest BCUT2D eigenvalue weighted by Gasteiger charge is 2.66. The molecule has 2 aromatic rings. The Morgan fingerprint density at radius 2 is 1.68 bits per heavy atom. The molecule has 0 saturated heterocycles. The Balaban J connectivity index is 1.49. The zero-order chi connectivity index (χ0) is 27.9. The fourth-order valence-electron chi connectivity index (χ4n) is 5.68. The molecule has 38 heavy (non-hydrogen) atoms. The van der Waals surface area contributed by atoms with Crippen LogP contribution < -0.4 is 15.4 Å². The van der Waals surface area contributed by atoms with Crippen LogP contribution in [0.3, 0.4) is 0 Å². The Bertz CT molecular complexity index is 1160. The van der Waals surface area contributed by atoms with E-state index in [1.807, 2.05) is 58.0 Å². The van der Waals surface area contributed by atoms with E-state index in [4.69, 9.17) is 31.4 Å². The molecule has 0 atom stereocenters. The van der Waals surface area contributed by atoms with Gasteiger partial charge in [0.05, 0.1) is 16.5 Å². The number of amides is 1. The van der Waals surface area contributed by atoms with Gasteiger partial charge in [-0.2, -0.15) is 5.26 Å². The highest BCUT2D eigenvalue weighted by atomic mass is 35.5. The summed E-state index contributed by atoms with van der Waals surface area (Å²) < 4.78 is 11.3. The minimum atomic E-state index is -0.949. The van der Waals surface area contributed by atoms with Gasteiger partial charge in [-0.15, -0.1) is 0 Å². The molecule has 0 radical (unpaired) electrons.